The first kappa shape index (κ1) is 17.7. The predicted molar refractivity (Wildman–Crippen MR) is 103 cm³/mol. The van der Waals surface area contributed by atoms with E-state index in [9.17, 15) is 9.90 Å². The Labute approximate surface area is 159 Å². The lowest BCUT2D eigenvalue weighted by Crippen LogP contribution is -2.29. The summed E-state index contributed by atoms with van der Waals surface area (Å²) >= 11 is 7.70. The first-order chi connectivity index (χ1) is 12.6. The third-order valence-corrected chi connectivity index (χ3v) is 6.19. The topological polar surface area (TPSA) is 64.4 Å². The van der Waals surface area contributed by atoms with Gasteiger partial charge in [-0.1, -0.05) is 29.8 Å². The molecular weight excluding hydrogens is 372 g/mol. The molecule has 0 spiro atoms. The van der Waals surface area contributed by atoms with Crippen molar-refractivity contribution < 1.29 is 9.84 Å². The molecule has 1 aliphatic rings. The fourth-order valence-corrected chi connectivity index (χ4v) is 4.76. The number of aromatic nitrogens is 2. The van der Waals surface area contributed by atoms with Gasteiger partial charge in [0.15, 0.2) is 0 Å². The van der Waals surface area contributed by atoms with Gasteiger partial charge in [-0.25, -0.2) is 4.98 Å². The van der Waals surface area contributed by atoms with Gasteiger partial charge in [0.05, 0.1) is 37.6 Å². The number of hydrogen-bond acceptors (Lipinski definition) is 5. The van der Waals surface area contributed by atoms with E-state index in [-0.39, 0.29) is 18.7 Å². The zero-order valence-electron chi connectivity index (χ0n) is 14.2. The fraction of sp³-hybridized carbons (Fsp3) is 0.368. The predicted octanol–water partition coefficient (Wildman–Crippen LogP) is 3.18. The Hall–Kier alpha value is -1.73. The third kappa shape index (κ3) is 3.42. The zero-order valence-corrected chi connectivity index (χ0v) is 15.7. The van der Waals surface area contributed by atoms with Gasteiger partial charge >= 0.3 is 0 Å². The summed E-state index contributed by atoms with van der Waals surface area (Å²) < 4.78 is 7.04. The summed E-state index contributed by atoms with van der Waals surface area (Å²) in [6.45, 7) is 0.604. The van der Waals surface area contributed by atoms with Crippen LogP contribution in [0.1, 0.15) is 22.4 Å². The van der Waals surface area contributed by atoms with E-state index in [2.05, 4.69) is 4.98 Å². The maximum absolute atomic E-state index is 12.8. The second kappa shape index (κ2) is 7.48. The van der Waals surface area contributed by atoms with Crippen LogP contribution in [0.3, 0.4) is 0 Å². The largest absolute Gasteiger partial charge is 0.389 e. The minimum absolute atomic E-state index is 0.0699. The molecule has 0 saturated carbocycles. The number of ether oxygens (including phenoxy) is 1. The van der Waals surface area contributed by atoms with Crippen molar-refractivity contribution in [3.8, 4) is 0 Å². The van der Waals surface area contributed by atoms with E-state index in [1.807, 2.05) is 18.2 Å². The van der Waals surface area contributed by atoms with E-state index < -0.39 is 6.10 Å². The zero-order chi connectivity index (χ0) is 18.1. The summed E-state index contributed by atoms with van der Waals surface area (Å²) in [6, 6.07) is 7.43. The van der Waals surface area contributed by atoms with Crippen molar-refractivity contribution in [2.75, 3.05) is 6.61 Å². The Morgan fingerprint density at radius 2 is 2.19 bits per heavy atom. The lowest BCUT2D eigenvalue weighted by Gasteiger charge is -2.13. The molecule has 2 heterocycles. The Morgan fingerprint density at radius 1 is 1.35 bits per heavy atom. The number of thiophene rings is 1. The van der Waals surface area contributed by atoms with Crippen LogP contribution < -0.4 is 5.56 Å². The van der Waals surface area contributed by atoms with Crippen LogP contribution in [-0.4, -0.2) is 27.4 Å². The van der Waals surface area contributed by atoms with Gasteiger partial charge in [0.1, 0.15) is 4.83 Å². The third-order valence-electron chi connectivity index (χ3n) is 4.62. The second-order valence-corrected chi connectivity index (χ2v) is 7.99. The number of aryl methyl sites for hydroxylation is 2. The second-order valence-electron chi connectivity index (χ2n) is 6.50. The van der Waals surface area contributed by atoms with Gasteiger partial charge < -0.3 is 9.84 Å². The van der Waals surface area contributed by atoms with Gasteiger partial charge in [0.25, 0.3) is 5.56 Å². The fourth-order valence-electron chi connectivity index (χ4n) is 3.35. The van der Waals surface area contributed by atoms with Crippen LogP contribution in [0.5, 0.6) is 0 Å². The summed E-state index contributed by atoms with van der Waals surface area (Å²) in [6.07, 6.45) is 3.81. The van der Waals surface area contributed by atoms with Crippen molar-refractivity contribution in [2.24, 2.45) is 0 Å². The van der Waals surface area contributed by atoms with Gasteiger partial charge in [-0.15, -0.1) is 11.3 Å². The average molecular weight is 391 g/mol. The van der Waals surface area contributed by atoms with Crippen LogP contribution in [0.2, 0.25) is 5.02 Å². The molecule has 7 heteroatoms. The molecule has 3 aromatic rings. The molecule has 26 heavy (non-hydrogen) atoms. The average Bonchev–Trinajstić information content (AvgIpc) is 3.20. The van der Waals surface area contributed by atoms with Gasteiger partial charge in [-0.2, -0.15) is 0 Å². The number of fused-ring (bicyclic) bond motifs is 3. The number of nitrogens with zero attached hydrogens (tertiary/aromatic N) is 2. The minimum atomic E-state index is -0.791. The van der Waals surface area contributed by atoms with Crippen molar-refractivity contribution in [1.29, 1.82) is 0 Å². The molecule has 1 N–H and O–H groups in total. The molecule has 1 atom stereocenters. The lowest BCUT2D eigenvalue weighted by molar-refractivity contribution is 0.0198. The Kier molecular flexibility index (Phi) is 5.09. The number of aliphatic hydroxyl groups excluding tert-OH is 1. The highest BCUT2D eigenvalue weighted by atomic mass is 35.5. The summed E-state index contributed by atoms with van der Waals surface area (Å²) in [7, 11) is 0. The lowest BCUT2D eigenvalue weighted by atomic mass is 10.2. The van der Waals surface area contributed by atoms with E-state index in [0.717, 1.165) is 40.6 Å². The molecular formula is C19H19ClN2O3S. The molecule has 1 aromatic carbocycles. The maximum atomic E-state index is 12.8. The molecule has 5 nitrogen and oxygen atoms in total. The van der Waals surface area contributed by atoms with Crippen LogP contribution in [0.15, 0.2) is 35.4 Å². The van der Waals surface area contributed by atoms with Crippen LogP contribution in [-0.2, 0) is 30.7 Å². The van der Waals surface area contributed by atoms with Crippen molar-refractivity contribution in [3.63, 3.8) is 0 Å². The standard InChI is InChI=1S/C19H19ClN2O3S/c20-15-6-2-1-4-12(15)9-25-10-13(23)8-22-11-21-18-17(19(22)24)14-5-3-7-16(14)26-18/h1-2,4,6,11,13,23H,3,5,7-10H2/t13-/m1/s1. The molecule has 0 fully saturated rings. The molecule has 0 amide bonds. The molecule has 0 bridgehead atoms. The molecule has 0 aliphatic heterocycles. The van der Waals surface area contributed by atoms with Crippen LogP contribution in [0.25, 0.3) is 10.2 Å². The highest BCUT2D eigenvalue weighted by molar-refractivity contribution is 7.18. The normalized spacial score (nSPS) is 14.7. The highest BCUT2D eigenvalue weighted by Gasteiger charge is 2.21. The first-order valence-corrected chi connectivity index (χ1v) is 9.82. The van der Waals surface area contributed by atoms with Gasteiger partial charge in [0.2, 0.25) is 0 Å². The van der Waals surface area contributed by atoms with Gasteiger partial charge in [-0.3, -0.25) is 9.36 Å². The van der Waals surface area contributed by atoms with E-state index >= 15 is 0 Å². The molecule has 0 saturated heterocycles. The van der Waals surface area contributed by atoms with Crippen LogP contribution in [0.4, 0.5) is 0 Å². The molecule has 4 rings (SSSR count). The van der Waals surface area contributed by atoms with E-state index in [4.69, 9.17) is 16.3 Å². The SMILES string of the molecule is O=c1c2c3c(sc2ncn1C[C@@H](O)COCc1ccccc1Cl)CCC3. The van der Waals surface area contributed by atoms with Crippen molar-refractivity contribution >= 4 is 33.2 Å². The summed E-state index contributed by atoms with van der Waals surface area (Å²) in [5, 5.41) is 11.6. The number of rotatable bonds is 6. The van der Waals surface area contributed by atoms with Gasteiger partial charge in [-0.05, 0) is 36.5 Å². The molecule has 0 radical (unpaired) electrons. The number of benzene rings is 1. The first-order valence-electron chi connectivity index (χ1n) is 8.62. The highest BCUT2D eigenvalue weighted by Crippen LogP contribution is 2.34. The smallest absolute Gasteiger partial charge is 0.262 e. The number of halogens is 1. The van der Waals surface area contributed by atoms with E-state index in [1.54, 1.807) is 17.4 Å². The minimum Gasteiger partial charge on any atom is -0.389 e. The quantitative estimate of drug-likeness (QED) is 0.702. The summed E-state index contributed by atoms with van der Waals surface area (Å²) in [5.74, 6) is 0. The summed E-state index contributed by atoms with van der Waals surface area (Å²) in [4.78, 5) is 19.3. The number of aliphatic hydroxyl groups is 1. The molecule has 1 aliphatic carbocycles. The Morgan fingerprint density at radius 3 is 3.04 bits per heavy atom. The monoisotopic (exact) mass is 390 g/mol. The van der Waals surface area contributed by atoms with Crippen LogP contribution in [0, 0.1) is 0 Å². The molecule has 2 aromatic heterocycles. The van der Waals surface area contributed by atoms with Gasteiger partial charge in [0, 0.05) is 9.90 Å². The Bertz CT molecular complexity index is 998. The number of hydrogen-bond donors (Lipinski definition) is 1. The van der Waals surface area contributed by atoms with Crippen molar-refractivity contribution in [2.45, 2.75) is 38.5 Å². The Balaban J connectivity index is 1.43. The molecule has 136 valence electrons. The van der Waals surface area contributed by atoms with E-state index in [1.165, 1.54) is 15.8 Å². The van der Waals surface area contributed by atoms with Crippen molar-refractivity contribution in [1.82, 2.24) is 9.55 Å². The maximum Gasteiger partial charge on any atom is 0.262 e. The molecule has 0 unspecified atom stereocenters. The van der Waals surface area contributed by atoms with Crippen LogP contribution >= 0.6 is 22.9 Å². The van der Waals surface area contributed by atoms with Crippen molar-refractivity contribution in [3.05, 3.63) is 62.0 Å². The summed E-state index contributed by atoms with van der Waals surface area (Å²) in [5.41, 5.74) is 1.95. The van der Waals surface area contributed by atoms with E-state index in [0.29, 0.717) is 11.6 Å².